The lowest BCUT2D eigenvalue weighted by Crippen LogP contribution is -2.59. The molecule has 104 valence electrons. The Morgan fingerprint density at radius 2 is 1.83 bits per heavy atom. The number of aliphatic carboxylic acids is 1. The fourth-order valence-electron chi connectivity index (χ4n) is 1.83. The molecule has 0 aliphatic carbocycles. The van der Waals surface area contributed by atoms with Crippen molar-refractivity contribution in [2.75, 3.05) is 6.61 Å². The molecule has 2 N–H and O–H groups in total. The molecule has 1 saturated heterocycles. The van der Waals surface area contributed by atoms with Gasteiger partial charge in [0.2, 0.25) is 5.91 Å². The number of carbonyl (C=O) groups is 2. The van der Waals surface area contributed by atoms with Crippen LogP contribution in [0.2, 0.25) is 0 Å². The molecule has 0 saturated carbocycles. The van der Waals surface area contributed by atoms with Gasteiger partial charge in [0.1, 0.15) is 6.10 Å². The second-order valence-corrected chi connectivity index (χ2v) is 6.10. The molecule has 0 aromatic heterocycles. The number of rotatable bonds is 4. The quantitative estimate of drug-likeness (QED) is 0.798. The van der Waals surface area contributed by atoms with Gasteiger partial charge in [-0.1, -0.05) is 6.92 Å². The zero-order valence-electron chi connectivity index (χ0n) is 11.7. The van der Waals surface area contributed by atoms with Crippen molar-refractivity contribution in [3.05, 3.63) is 0 Å². The number of nitrogens with one attached hydrogen (secondary N) is 1. The van der Waals surface area contributed by atoms with Gasteiger partial charge in [-0.05, 0) is 40.0 Å². The number of carbonyl (C=O) groups excluding carboxylic acids is 1. The topological polar surface area (TPSA) is 75.6 Å². The highest BCUT2D eigenvalue weighted by atomic mass is 16.5. The molecule has 18 heavy (non-hydrogen) atoms. The monoisotopic (exact) mass is 257 g/mol. The second-order valence-electron chi connectivity index (χ2n) is 6.10. The molecular weight excluding hydrogens is 234 g/mol. The summed E-state index contributed by atoms with van der Waals surface area (Å²) in [5, 5.41) is 12.0. The van der Waals surface area contributed by atoms with Crippen molar-refractivity contribution in [3.8, 4) is 0 Å². The lowest BCUT2D eigenvalue weighted by atomic mass is 9.74. The molecule has 1 heterocycles. The minimum absolute atomic E-state index is 0.175. The van der Waals surface area contributed by atoms with Gasteiger partial charge in [-0.2, -0.15) is 0 Å². The van der Waals surface area contributed by atoms with E-state index in [9.17, 15) is 14.7 Å². The Hall–Kier alpha value is -1.10. The molecule has 2 atom stereocenters. The van der Waals surface area contributed by atoms with Crippen LogP contribution in [0.25, 0.3) is 0 Å². The van der Waals surface area contributed by atoms with E-state index in [1.54, 1.807) is 27.7 Å². The highest BCUT2D eigenvalue weighted by Gasteiger charge is 2.46. The number of hydrogen-bond donors (Lipinski definition) is 2. The van der Waals surface area contributed by atoms with E-state index in [1.807, 2.05) is 6.92 Å². The molecule has 5 nitrogen and oxygen atoms in total. The van der Waals surface area contributed by atoms with Gasteiger partial charge in [0, 0.05) is 6.61 Å². The zero-order chi connectivity index (χ0) is 14.1. The molecule has 1 fully saturated rings. The maximum Gasteiger partial charge on any atom is 0.311 e. The van der Waals surface area contributed by atoms with Crippen molar-refractivity contribution in [1.82, 2.24) is 5.32 Å². The summed E-state index contributed by atoms with van der Waals surface area (Å²) in [4.78, 5) is 23.4. The summed E-state index contributed by atoms with van der Waals surface area (Å²) >= 11 is 0. The number of carboxylic acids is 1. The molecule has 2 unspecified atom stereocenters. The van der Waals surface area contributed by atoms with E-state index in [4.69, 9.17) is 4.74 Å². The number of carboxylic acid groups (broad SMARTS) is 1. The van der Waals surface area contributed by atoms with Crippen molar-refractivity contribution >= 4 is 11.9 Å². The number of amides is 1. The van der Waals surface area contributed by atoms with Gasteiger partial charge < -0.3 is 15.2 Å². The Morgan fingerprint density at radius 1 is 1.28 bits per heavy atom. The van der Waals surface area contributed by atoms with E-state index in [0.29, 0.717) is 6.61 Å². The maximum atomic E-state index is 12.1. The molecule has 1 aliphatic rings. The summed E-state index contributed by atoms with van der Waals surface area (Å²) in [5.41, 5.74) is -1.90. The third-order valence-corrected chi connectivity index (χ3v) is 4.18. The highest BCUT2D eigenvalue weighted by Crippen LogP contribution is 2.31. The van der Waals surface area contributed by atoms with Crippen LogP contribution in [0.5, 0.6) is 0 Å². The van der Waals surface area contributed by atoms with Crippen LogP contribution < -0.4 is 5.32 Å². The second kappa shape index (κ2) is 4.88. The SMILES string of the molecule is CC1CCOC1C(=O)NC(C)(C)C(C)(C)C(=O)O. The lowest BCUT2D eigenvalue weighted by Gasteiger charge is -2.39. The summed E-state index contributed by atoms with van der Waals surface area (Å²) in [6, 6.07) is 0. The predicted octanol–water partition coefficient (Wildman–Crippen LogP) is 1.42. The van der Waals surface area contributed by atoms with Crippen molar-refractivity contribution in [2.24, 2.45) is 11.3 Å². The molecule has 1 aliphatic heterocycles. The summed E-state index contributed by atoms with van der Waals surface area (Å²) < 4.78 is 5.39. The van der Waals surface area contributed by atoms with Gasteiger partial charge in [0.05, 0.1) is 11.0 Å². The van der Waals surface area contributed by atoms with Gasteiger partial charge in [0.25, 0.3) is 0 Å². The predicted molar refractivity (Wildman–Crippen MR) is 67.2 cm³/mol. The van der Waals surface area contributed by atoms with Crippen LogP contribution in [0.15, 0.2) is 0 Å². The van der Waals surface area contributed by atoms with Crippen molar-refractivity contribution in [2.45, 2.75) is 52.7 Å². The van der Waals surface area contributed by atoms with Crippen molar-refractivity contribution in [3.63, 3.8) is 0 Å². The molecule has 1 rings (SSSR count). The number of hydrogen-bond acceptors (Lipinski definition) is 3. The van der Waals surface area contributed by atoms with Crippen LogP contribution in [-0.2, 0) is 14.3 Å². The third kappa shape index (κ3) is 2.66. The van der Waals surface area contributed by atoms with Gasteiger partial charge in [-0.25, -0.2) is 0 Å². The fourth-order valence-corrected chi connectivity index (χ4v) is 1.83. The third-order valence-electron chi connectivity index (χ3n) is 4.18. The van der Waals surface area contributed by atoms with E-state index in [0.717, 1.165) is 6.42 Å². The molecule has 0 bridgehead atoms. The first-order valence-electron chi connectivity index (χ1n) is 6.26. The summed E-state index contributed by atoms with van der Waals surface area (Å²) in [6.45, 7) is 9.20. The summed E-state index contributed by atoms with van der Waals surface area (Å²) in [6.07, 6.45) is 0.398. The van der Waals surface area contributed by atoms with Gasteiger partial charge in [-0.15, -0.1) is 0 Å². The van der Waals surface area contributed by atoms with Crippen LogP contribution in [0.3, 0.4) is 0 Å². The minimum atomic E-state index is -1.05. The zero-order valence-corrected chi connectivity index (χ0v) is 11.7. The Kier molecular flexibility index (Phi) is 4.05. The van der Waals surface area contributed by atoms with E-state index < -0.39 is 23.0 Å². The first kappa shape index (κ1) is 15.0. The average Bonchev–Trinajstić information content (AvgIpc) is 2.63. The molecule has 0 aromatic carbocycles. The molecule has 0 radical (unpaired) electrons. The van der Waals surface area contributed by atoms with Gasteiger partial charge >= 0.3 is 5.97 Å². The largest absolute Gasteiger partial charge is 0.481 e. The summed E-state index contributed by atoms with van der Waals surface area (Å²) in [7, 11) is 0. The van der Waals surface area contributed by atoms with Gasteiger partial charge in [0.15, 0.2) is 0 Å². The van der Waals surface area contributed by atoms with Crippen molar-refractivity contribution < 1.29 is 19.4 Å². The van der Waals surface area contributed by atoms with Crippen LogP contribution in [0, 0.1) is 11.3 Å². The molecule has 0 aromatic rings. The molecule has 5 heteroatoms. The standard InChI is InChI=1S/C13H23NO4/c1-8-6-7-18-9(8)10(15)14-13(4,5)12(2,3)11(16)17/h8-9H,6-7H2,1-5H3,(H,14,15)(H,16,17). The van der Waals surface area contributed by atoms with Gasteiger partial charge in [-0.3, -0.25) is 9.59 Å². The Balaban J connectivity index is 2.77. The fraction of sp³-hybridized carbons (Fsp3) is 0.846. The minimum Gasteiger partial charge on any atom is -0.481 e. The van der Waals surface area contributed by atoms with Crippen molar-refractivity contribution in [1.29, 1.82) is 0 Å². The normalized spacial score (nSPS) is 24.9. The van der Waals surface area contributed by atoms with E-state index >= 15 is 0 Å². The van der Waals surface area contributed by atoms with E-state index in [2.05, 4.69) is 5.32 Å². The van der Waals surface area contributed by atoms with Crippen LogP contribution in [-0.4, -0.2) is 35.2 Å². The Bertz CT molecular complexity index is 349. The number of ether oxygens (including phenoxy) is 1. The Morgan fingerprint density at radius 3 is 2.22 bits per heavy atom. The first-order valence-corrected chi connectivity index (χ1v) is 6.26. The first-order chi connectivity index (χ1) is 8.09. The van der Waals surface area contributed by atoms with Crippen LogP contribution in [0.4, 0.5) is 0 Å². The van der Waals surface area contributed by atoms with Crippen LogP contribution in [0.1, 0.15) is 41.0 Å². The molecular formula is C13H23NO4. The van der Waals surface area contributed by atoms with Crippen LogP contribution >= 0.6 is 0 Å². The van der Waals surface area contributed by atoms with E-state index in [1.165, 1.54) is 0 Å². The average molecular weight is 257 g/mol. The molecule has 0 spiro atoms. The smallest absolute Gasteiger partial charge is 0.311 e. The van der Waals surface area contributed by atoms with E-state index in [-0.39, 0.29) is 11.8 Å². The highest BCUT2D eigenvalue weighted by molar-refractivity contribution is 5.84. The maximum absolute atomic E-state index is 12.1. The lowest BCUT2D eigenvalue weighted by molar-refractivity contribution is -0.152. The molecule has 1 amide bonds. The summed E-state index contributed by atoms with van der Waals surface area (Å²) in [5.74, 6) is -0.985. The Labute approximate surface area is 108 Å².